The van der Waals surface area contributed by atoms with Crippen LogP contribution in [0.15, 0.2) is 0 Å². The zero-order valence-corrected chi connectivity index (χ0v) is 8.66. The highest BCUT2D eigenvalue weighted by Crippen LogP contribution is 2.23. The molecule has 0 amide bonds. The summed E-state index contributed by atoms with van der Waals surface area (Å²) in [6, 6.07) is 0.265. The molecular weight excluding hydrogens is 160 g/mol. The van der Waals surface area contributed by atoms with Gasteiger partial charge in [0.1, 0.15) is 0 Å². The summed E-state index contributed by atoms with van der Waals surface area (Å²) < 4.78 is 0. The van der Waals surface area contributed by atoms with E-state index in [1.807, 2.05) is 0 Å². The van der Waals surface area contributed by atoms with Crippen molar-refractivity contribution in [3.05, 3.63) is 0 Å². The van der Waals surface area contributed by atoms with E-state index in [1.54, 1.807) is 0 Å². The number of rotatable bonds is 2. The molecule has 1 aliphatic heterocycles. The smallest absolute Gasteiger partial charge is 0.0683 e. The van der Waals surface area contributed by atoms with Gasteiger partial charge >= 0.3 is 0 Å². The Morgan fingerprint density at radius 1 is 1.69 bits per heavy atom. The van der Waals surface area contributed by atoms with Gasteiger partial charge < -0.3 is 5.73 Å². The van der Waals surface area contributed by atoms with Gasteiger partial charge in [0.15, 0.2) is 0 Å². The molecule has 2 nitrogen and oxygen atoms in total. The second-order valence-electron chi connectivity index (χ2n) is 4.10. The molecule has 3 unspecified atom stereocenters. The molecule has 1 fully saturated rings. The van der Waals surface area contributed by atoms with Crippen LogP contribution in [-0.2, 0) is 0 Å². The van der Waals surface area contributed by atoms with Crippen molar-refractivity contribution in [2.75, 3.05) is 19.6 Å². The molecular formula is C11H20N2. The predicted molar refractivity (Wildman–Crippen MR) is 56.2 cm³/mol. The number of piperidine rings is 1. The van der Waals surface area contributed by atoms with Crippen LogP contribution in [-0.4, -0.2) is 30.6 Å². The molecule has 2 heteroatoms. The van der Waals surface area contributed by atoms with E-state index in [9.17, 15) is 0 Å². The molecule has 0 aromatic heterocycles. The third kappa shape index (κ3) is 2.46. The summed E-state index contributed by atoms with van der Waals surface area (Å²) >= 11 is 0. The molecule has 1 aliphatic rings. The summed E-state index contributed by atoms with van der Waals surface area (Å²) in [5.41, 5.74) is 5.72. The maximum Gasteiger partial charge on any atom is 0.0683 e. The normalized spacial score (nSPS) is 32.5. The first-order valence-electron chi connectivity index (χ1n) is 5.09. The van der Waals surface area contributed by atoms with Gasteiger partial charge in [0.05, 0.1) is 6.04 Å². The molecule has 0 aromatic rings. The summed E-state index contributed by atoms with van der Waals surface area (Å²) in [5.74, 6) is 4.16. The number of nitrogens with zero attached hydrogens (tertiary/aromatic N) is 1. The van der Waals surface area contributed by atoms with Gasteiger partial charge in [0, 0.05) is 6.54 Å². The van der Waals surface area contributed by atoms with Gasteiger partial charge in [-0.1, -0.05) is 12.8 Å². The van der Waals surface area contributed by atoms with E-state index in [0.29, 0.717) is 5.92 Å². The monoisotopic (exact) mass is 180 g/mol. The first-order chi connectivity index (χ1) is 6.19. The molecule has 1 rings (SSSR count). The minimum Gasteiger partial charge on any atom is -0.330 e. The molecule has 0 radical (unpaired) electrons. The first kappa shape index (κ1) is 10.6. The lowest BCUT2D eigenvalue weighted by atomic mass is 9.86. The average molecular weight is 180 g/mol. The Bertz CT molecular complexity index is 195. The molecule has 0 saturated carbocycles. The number of hydrogen-bond donors (Lipinski definition) is 1. The highest BCUT2D eigenvalue weighted by atomic mass is 15.2. The van der Waals surface area contributed by atoms with Crippen LogP contribution in [0.2, 0.25) is 0 Å². The Hall–Kier alpha value is -0.520. The topological polar surface area (TPSA) is 29.3 Å². The van der Waals surface area contributed by atoms with Crippen molar-refractivity contribution in [3.63, 3.8) is 0 Å². The van der Waals surface area contributed by atoms with Gasteiger partial charge in [-0.05, 0) is 38.3 Å². The molecule has 1 saturated heterocycles. The highest BCUT2D eigenvalue weighted by Gasteiger charge is 2.26. The Labute approximate surface area is 81.5 Å². The maximum absolute atomic E-state index is 5.72. The second-order valence-corrected chi connectivity index (χ2v) is 4.10. The van der Waals surface area contributed by atoms with Crippen LogP contribution in [0.5, 0.6) is 0 Å². The molecule has 13 heavy (non-hydrogen) atoms. The van der Waals surface area contributed by atoms with Crippen LogP contribution in [0, 0.1) is 24.2 Å². The van der Waals surface area contributed by atoms with Crippen molar-refractivity contribution >= 4 is 0 Å². The van der Waals surface area contributed by atoms with E-state index >= 15 is 0 Å². The van der Waals surface area contributed by atoms with E-state index in [-0.39, 0.29) is 6.04 Å². The summed E-state index contributed by atoms with van der Waals surface area (Å²) in [6.45, 7) is 7.36. The molecule has 0 aliphatic carbocycles. The van der Waals surface area contributed by atoms with Gasteiger partial charge in [0.25, 0.3) is 0 Å². The van der Waals surface area contributed by atoms with Gasteiger partial charge in [0.2, 0.25) is 0 Å². The third-order valence-corrected chi connectivity index (χ3v) is 3.24. The Balaban J connectivity index is 2.50. The van der Waals surface area contributed by atoms with Crippen molar-refractivity contribution in [1.82, 2.24) is 4.90 Å². The van der Waals surface area contributed by atoms with E-state index in [1.165, 1.54) is 6.42 Å². The largest absolute Gasteiger partial charge is 0.330 e. The number of likely N-dealkylation sites (tertiary alicyclic amines) is 1. The minimum absolute atomic E-state index is 0.265. The molecule has 1 heterocycles. The third-order valence-electron chi connectivity index (χ3n) is 3.24. The zero-order valence-electron chi connectivity index (χ0n) is 8.66. The van der Waals surface area contributed by atoms with Gasteiger partial charge in [-0.2, -0.15) is 0 Å². The van der Waals surface area contributed by atoms with Crippen molar-refractivity contribution in [1.29, 1.82) is 0 Å². The second kappa shape index (κ2) is 4.64. The van der Waals surface area contributed by atoms with Gasteiger partial charge in [-0.15, -0.1) is 6.42 Å². The van der Waals surface area contributed by atoms with E-state index in [4.69, 9.17) is 12.2 Å². The van der Waals surface area contributed by atoms with E-state index in [0.717, 1.165) is 25.6 Å². The van der Waals surface area contributed by atoms with Crippen molar-refractivity contribution in [2.45, 2.75) is 26.3 Å². The fourth-order valence-electron chi connectivity index (χ4n) is 1.94. The number of nitrogens with two attached hydrogens (primary N) is 1. The molecule has 0 bridgehead atoms. The fourth-order valence-corrected chi connectivity index (χ4v) is 1.94. The maximum atomic E-state index is 5.72. The highest BCUT2D eigenvalue weighted by molar-refractivity contribution is 4.98. The number of terminal acetylenes is 1. The van der Waals surface area contributed by atoms with Crippen LogP contribution in [0.3, 0.4) is 0 Å². The van der Waals surface area contributed by atoms with E-state index < -0.39 is 0 Å². The molecule has 0 spiro atoms. The molecule has 0 aromatic carbocycles. The van der Waals surface area contributed by atoms with Crippen molar-refractivity contribution in [2.24, 2.45) is 17.6 Å². The Morgan fingerprint density at radius 3 is 2.92 bits per heavy atom. The predicted octanol–water partition coefficient (Wildman–Crippen LogP) is 0.925. The number of hydrogen-bond acceptors (Lipinski definition) is 2. The van der Waals surface area contributed by atoms with Crippen molar-refractivity contribution < 1.29 is 0 Å². The summed E-state index contributed by atoms with van der Waals surface area (Å²) in [7, 11) is 0. The van der Waals surface area contributed by atoms with Crippen molar-refractivity contribution in [3.8, 4) is 12.3 Å². The van der Waals surface area contributed by atoms with Crippen LogP contribution in [0.4, 0.5) is 0 Å². The lowest BCUT2D eigenvalue weighted by Crippen LogP contribution is -2.46. The van der Waals surface area contributed by atoms with Gasteiger partial charge in [-0.25, -0.2) is 0 Å². The molecule has 74 valence electrons. The summed E-state index contributed by atoms with van der Waals surface area (Å²) in [4.78, 5) is 2.36. The fraction of sp³-hybridized carbons (Fsp3) is 0.818. The minimum atomic E-state index is 0.265. The van der Waals surface area contributed by atoms with Gasteiger partial charge in [-0.3, -0.25) is 4.90 Å². The Kier molecular flexibility index (Phi) is 3.77. The van der Waals surface area contributed by atoms with Crippen LogP contribution in [0.25, 0.3) is 0 Å². The quantitative estimate of drug-likeness (QED) is 0.640. The first-order valence-corrected chi connectivity index (χ1v) is 5.09. The van der Waals surface area contributed by atoms with Crippen LogP contribution < -0.4 is 5.73 Å². The SMILES string of the molecule is C#CC(C)N1CCC(C)C(CN)C1. The lowest BCUT2D eigenvalue weighted by molar-refractivity contribution is 0.118. The summed E-state index contributed by atoms with van der Waals surface area (Å²) in [6.07, 6.45) is 6.63. The van der Waals surface area contributed by atoms with Crippen LogP contribution >= 0.6 is 0 Å². The van der Waals surface area contributed by atoms with Crippen LogP contribution in [0.1, 0.15) is 20.3 Å². The van der Waals surface area contributed by atoms with E-state index in [2.05, 4.69) is 24.7 Å². The summed E-state index contributed by atoms with van der Waals surface area (Å²) in [5, 5.41) is 0. The molecule has 3 atom stereocenters. The average Bonchev–Trinajstić information content (AvgIpc) is 2.17. The standard InChI is InChI=1S/C11H20N2/c1-4-10(3)13-6-5-9(2)11(7-12)8-13/h1,9-11H,5-8,12H2,2-3H3. The molecule has 2 N–H and O–H groups in total. The zero-order chi connectivity index (χ0) is 9.84. The Morgan fingerprint density at radius 2 is 2.38 bits per heavy atom. The lowest BCUT2D eigenvalue weighted by Gasteiger charge is -2.38.